The van der Waals surface area contributed by atoms with Gasteiger partial charge in [0.1, 0.15) is 0 Å². The maximum Gasteiger partial charge on any atom is 0.232 e. The van der Waals surface area contributed by atoms with Crippen LogP contribution in [0, 0.1) is 5.41 Å². The zero-order chi connectivity index (χ0) is 12.2. The number of amides is 1. The Morgan fingerprint density at radius 2 is 2.38 bits per heavy atom. The lowest BCUT2D eigenvalue weighted by Crippen LogP contribution is -2.45. The Labute approximate surface area is 98.6 Å². The number of rotatable bonds is 5. The first-order valence-corrected chi connectivity index (χ1v) is 5.19. The second-order valence-corrected chi connectivity index (χ2v) is 4.27. The molecule has 1 heterocycles. The largest absolute Gasteiger partial charge is 0.392 e. The molecule has 0 fully saturated rings. The van der Waals surface area contributed by atoms with Gasteiger partial charge in [-0.15, -0.1) is 0 Å². The van der Waals surface area contributed by atoms with Crippen LogP contribution >= 0.6 is 12.2 Å². The number of thiocarbonyl (C=S) groups is 1. The van der Waals surface area contributed by atoms with Gasteiger partial charge in [0, 0.05) is 13.0 Å². The highest BCUT2D eigenvalue weighted by atomic mass is 32.1. The van der Waals surface area contributed by atoms with Gasteiger partial charge in [-0.3, -0.25) is 4.79 Å². The molecule has 0 radical (unpaired) electrons. The van der Waals surface area contributed by atoms with Crippen LogP contribution in [0.3, 0.4) is 0 Å². The van der Waals surface area contributed by atoms with E-state index in [1.807, 2.05) is 0 Å². The van der Waals surface area contributed by atoms with E-state index >= 15 is 0 Å². The molecular weight excluding hydrogens is 228 g/mol. The Balaban J connectivity index is 2.39. The maximum atomic E-state index is 11.7. The molecule has 0 aliphatic carbocycles. The van der Waals surface area contributed by atoms with Crippen LogP contribution < -0.4 is 11.1 Å². The van der Waals surface area contributed by atoms with Crippen molar-refractivity contribution in [1.82, 2.24) is 15.5 Å². The summed E-state index contributed by atoms with van der Waals surface area (Å²) in [5.74, 6) is 0.271. The molecule has 0 aliphatic rings. The summed E-state index contributed by atoms with van der Waals surface area (Å²) in [5.41, 5.74) is 4.62. The van der Waals surface area contributed by atoms with Gasteiger partial charge in [0.25, 0.3) is 0 Å². The van der Waals surface area contributed by atoms with E-state index in [1.54, 1.807) is 13.8 Å². The molecule has 0 atom stereocenters. The number of aromatic nitrogens is 2. The summed E-state index contributed by atoms with van der Waals surface area (Å²) in [6, 6.07) is 0. The van der Waals surface area contributed by atoms with Crippen LogP contribution in [0.1, 0.15) is 19.7 Å². The van der Waals surface area contributed by atoms with Crippen LogP contribution in [-0.2, 0) is 11.2 Å². The van der Waals surface area contributed by atoms with Crippen molar-refractivity contribution in [2.45, 2.75) is 20.3 Å². The van der Waals surface area contributed by atoms with Gasteiger partial charge in [0.2, 0.25) is 11.8 Å². The first kappa shape index (κ1) is 12.6. The predicted octanol–water partition coefficient (Wildman–Crippen LogP) is 0.0406. The first-order chi connectivity index (χ1) is 7.44. The van der Waals surface area contributed by atoms with Crippen molar-refractivity contribution in [3.63, 3.8) is 0 Å². The minimum Gasteiger partial charge on any atom is -0.392 e. The fourth-order valence-corrected chi connectivity index (χ4v) is 1.01. The monoisotopic (exact) mass is 242 g/mol. The third kappa shape index (κ3) is 2.99. The Kier molecular flexibility index (Phi) is 3.94. The third-order valence-electron chi connectivity index (χ3n) is 2.22. The number of hydrogen-bond donors (Lipinski definition) is 2. The lowest BCUT2D eigenvalue weighted by Gasteiger charge is -2.21. The molecule has 0 bridgehead atoms. The summed E-state index contributed by atoms with van der Waals surface area (Å²) in [5, 5.41) is 6.17. The van der Waals surface area contributed by atoms with E-state index in [0.29, 0.717) is 18.9 Å². The van der Waals surface area contributed by atoms with Crippen LogP contribution in [-0.4, -0.2) is 27.6 Å². The Morgan fingerprint density at radius 1 is 1.69 bits per heavy atom. The molecular formula is C9H14N4O2S. The van der Waals surface area contributed by atoms with Crippen LogP contribution in [0.5, 0.6) is 0 Å². The number of hydrogen-bond acceptors (Lipinski definition) is 5. The molecule has 0 saturated heterocycles. The molecule has 88 valence electrons. The van der Waals surface area contributed by atoms with Crippen LogP contribution in [0.15, 0.2) is 10.9 Å². The second-order valence-electron chi connectivity index (χ2n) is 3.83. The fraction of sp³-hybridized carbons (Fsp3) is 0.556. The van der Waals surface area contributed by atoms with Crippen molar-refractivity contribution in [3.8, 4) is 0 Å². The van der Waals surface area contributed by atoms with E-state index in [2.05, 4.69) is 15.5 Å². The number of carbonyl (C=O) groups is 1. The zero-order valence-corrected chi connectivity index (χ0v) is 10.0. The number of carbonyl (C=O) groups excluding carboxylic acids is 1. The zero-order valence-electron chi connectivity index (χ0n) is 9.19. The summed E-state index contributed by atoms with van der Waals surface area (Å²) in [6.07, 6.45) is 1.80. The maximum absolute atomic E-state index is 11.7. The van der Waals surface area contributed by atoms with E-state index in [0.717, 1.165) is 0 Å². The van der Waals surface area contributed by atoms with E-state index in [4.69, 9.17) is 22.5 Å². The smallest absolute Gasteiger partial charge is 0.232 e. The molecule has 0 aromatic carbocycles. The molecule has 1 aromatic rings. The molecule has 7 heteroatoms. The van der Waals surface area contributed by atoms with Crippen molar-refractivity contribution < 1.29 is 9.32 Å². The number of nitrogens with zero attached hydrogens (tertiary/aromatic N) is 2. The minimum absolute atomic E-state index is 0.169. The number of nitrogens with one attached hydrogen (secondary N) is 1. The van der Waals surface area contributed by atoms with E-state index < -0.39 is 5.41 Å². The SMILES string of the molecule is CC(C)(C(=O)NCCc1ncno1)C(N)=S. The molecule has 1 rings (SSSR count). The normalized spacial score (nSPS) is 11.1. The van der Waals surface area contributed by atoms with Crippen molar-refractivity contribution in [3.05, 3.63) is 12.2 Å². The minimum atomic E-state index is -0.843. The van der Waals surface area contributed by atoms with Gasteiger partial charge < -0.3 is 15.6 Å². The molecule has 3 N–H and O–H groups in total. The van der Waals surface area contributed by atoms with Crippen molar-refractivity contribution in [2.75, 3.05) is 6.54 Å². The van der Waals surface area contributed by atoms with Crippen LogP contribution in [0.2, 0.25) is 0 Å². The van der Waals surface area contributed by atoms with Crippen molar-refractivity contribution >= 4 is 23.1 Å². The van der Waals surface area contributed by atoms with Crippen molar-refractivity contribution in [2.24, 2.45) is 11.1 Å². The predicted molar refractivity (Wildman–Crippen MR) is 61.6 cm³/mol. The highest BCUT2D eigenvalue weighted by Crippen LogP contribution is 2.14. The first-order valence-electron chi connectivity index (χ1n) is 4.78. The Hall–Kier alpha value is -1.50. The summed E-state index contributed by atoms with van der Waals surface area (Å²) >= 11 is 4.81. The lowest BCUT2D eigenvalue weighted by molar-refractivity contribution is -0.126. The average Bonchev–Trinajstić information content (AvgIpc) is 2.70. The highest BCUT2D eigenvalue weighted by Gasteiger charge is 2.30. The lowest BCUT2D eigenvalue weighted by atomic mass is 9.92. The van der Waals surface area contributed by atoms with E-state index in [9.17, 15) is 4.79 Å². The summed E-state index contributed by atoms with van der Waals surface area (Å²) in [6.45, 7) is 3.77. The molecule has 1 amide bonds. The third-order valence-corrected chi connectivity index (χ3v) is 2.73. The average molecular weight is 242 g/mol. The highest BCUT2D eigenvalue weighted by molar-refractivity contribution is 7.80. The summed E-state index contributed by atoms with van der Waals surface area (Å²) < 4.78 is 4.79. The van der Waals surface area contributed by atoms with Crippen LogP contribution in [0.4, 0.5) is 0 Å². The van der Waals surface area contributed by atoms with Gasteiger partial charge in [-0.1, -0.05) is 17.4 Å². The van der Waals surface area contributed by atoms with Gasteiger partial charge in [-0.2, -0.15) is 4.98 Å². The standard InChI is InChI=1S/C9H14N4O2S/c1-9(2,7(10)16)8(14)11-4-3-6-12-5-13-15-6/h5H,3-4H2,1-2H3,(H2,10,16)(H,11,14). The molecule has 0 unspecified atom stereocenters. The topological polar surface area (TPSA) is 94.0 Å². The van der Waals surface area contributed by atoms with Crippen molar-refractivity contribution in [1.29, 1.82) is 0 Å². The van der Waals surface area contributed by atoms with Gasteiger partial charge in [0.05, 0.1) is 10.4 Å². The molecule has 0 saturated carbocycles. The second kappa shape index (κ2) is 5.02. The summed E-state index contributed by atoms with van der Waals surface area (Å²) in [7, 11) is 0. The quantitative estimate of drug-likeness (QED) is 0.708. The van der Waals surface area contributed by atoms with E-state index in [1.165, 1.54) is 6.33 Å². The fourth-order valence-electron chi connectivity index (χ4n) is 0.922. The van der Waals surface area contributed by atoms with E-state index in [-0.39, 0.29) is 10.9 Å². The van der Waals surface area contributed by atoms with Crippen LogP contribution in [0.25, 0.3) is 0 Å². The van der Waals surface area contributed by atoms with Gasteiger partial charge >= 0.3 is 0 Å². The Bertz CT molecular complexity index is 375. The molecule has 16 heavy (non-hydrogen) atoms. The Morgan fingerprint density at radius 3 is 2.88 bits per heavy atom. The molecule has 0 aliphatic heterocycles. The summed E-state index contributed by atoms with van der Waals surface area (Å²) in [4.78, 5) is 15.7. The van der Waals surface area contributed by atoms with Gasteiger partial charge in [0.15, 0.2) is 6.33 Å². The molecule has 1 aromatic heterocycles. The number of nitrogens with two attached hydrogens (primary N) is 1. The molecule has 0 spiro atoms. The van der Waals surface area contributed by atoms with Gasteiger partial charge in [-0.05, 0) is 13.8 Å². The molecule has 6 nitrogen and oxygen atoms in total. The van der Waals surface area contributed by atoms with Gasteiger partial charge in [-0.25, -0.2) is 0 Å².